The van der Waals surface area contributed by atoms with E-state index in [0.717, 1.165) is 38.1 Å². The third-order valence-electron chi connectivity index (χ3n) is 6.50. The SMILES string of the molecule is CNC(CCCCN)B1OC2C3CC(CC2(C)O1)C3(C)C. The average molecular weight is 294 g/mol. The summed E-state index contributed by atoms with van der Waals surface area (Å²) >= 11 is 0. The highest BCUT2D eigenvalue weighted by atomic mass is 16.7. The minimum atomic E-state index is -0.0991. The fourth-order valence-electron chi connectivity index (χ4n) is 4.84. The minimum absolute atomic E-state index is 0.0727. The molecule has 120 valence electrons. The molecule has 1 aliphatic heterocycles. The molecular formula is C16H31BN2O2. The largest absolute Gasteiger partial charge is 0.475 e. The summed E-state index contributed by atoms with van der Waals surface area (Å²) in [5.41, 5.74) is 5.95. The highest BCUT2D eigenvalue weighted by Gasteiger charge is 2.67. The van der Waals surface area contributed by atoms with Gasteiger partial charge in [0.1, 0.15) is 0 Å². The molecule has 5 atom stereocenters. The van der Waals surface area contributed by atoms with Crippen molar-refractivity contribution in [3.05, 3.63) is 0 Å². The molecule has 5 heteroatoms. The predicted octanol–water partition coefficient (Wildman–Crippen LogP) is 1.97. The minimum Gasteiger partial charge on any atom is -0.404 e. The van der Waals surface area contributed by atoms with Crippen molar-refractivity contribution >= 4 is 7.12 Å². The molecule has 1 saturated heterocycles. The molecular weight excluding hydrogens is 263 g/mol. The van der Waals surface area contributed by atoms with Crippen molar-refractivity contribution in [3.63, 3.8) is 0 Å². The van der Waals surface area contributed by atoms with E-state index in [1.807, 2.05) is 7.05 Å². The van der Waals surface area contributed by atoms with Gasteiger partial charge >= 0.3 is 7.12 Å². The molecule has 5 unspecified atom stereocenters. The summed E-state index contributed by atoms with van der Waals surface area (Å²) in [6.07, 6.45) is 6.01. The maximum absolute atomic E-state index is 6.42. The first-order valence-corrected chi connectivity index (χ1v) is 8.63. The lowest BCUT2D eigenvalue weighted by atomic mass is 9.45. The Morgan fingerprint density at radius 2 is 2.10 bits per heavy atom. The molecule has 0 aromatic carbocycles. The van der Waals surface area contributed by atoms with Crippen LogP contribution in [0.25, 0.3) is 0 Å². The quantitative estimate of drug-likeness (QED) is 0.581. The Hall–Kier alpha value is -0.0951. The molecule has 4 aliphatic rings. The molecule has 0 amide bonds. The first-order chi connectivity index (χ1) is 9.92. The highest BCUT2D eigenvalue weighted by Crippen LogP contribution is 2.64. The van der Waals surface area contributed by atoms with Gasteiger partial charge < -0.3 is 20.4 Å². The maximum atomic E-state index is 6.42. The maximum Gasteiger partial charge on any atom is 0.475 e. The van der Waals surface area contributed by atoms with E-state index in [2.05, 4.69) is 26.1 Å². The summed E-state index contributed by atoms with van der Waals surface area (Å²) < 4.78 is 12.8. The van der Waals surface area contributed by atoms with Gasteiger partial charge in [-0.25, -0.2) is 0 Å². The van der Waals surface area contributed by atoms with E-state index in [0.29, 0.717) is 11.3 Å². The molecule has 0 radical (unpaired) electrons. The highest BCUT2D eigenvalue weighted by molar-refractivity contribution is 6.47. The molecule has 0 aromatic heterocycles. The monoisotopic (exact) mass is 294 g/mol. The Labute approximate surface area is 129 Å². The molecule has 4 fully saturated rings. The third kappa shape index (κ3) is 2.46. The van der Waals surface area contributed by atoms with Gasteiger partial charge in [0.25, 0.3) is 0 Å². The second kappa shape index (κ2) is 5.52. The summed E-state index contributed by atoms with van der Waals surface area (Å²) in [5.74, 6) is 1.74. The van der Waals surface area contributed by atoms with Gasteiger partial charge in [-0.05, 0) is 63.5 Å². The van der Waals surface area contributed by atoms with E-state index in [1.54, 1.807) is 0 Å². The van der Waals surface area contributed by atoms with Crippen molar-refractivity contribution in [2.75, 3.05) is 13.6 Å². The van der Waals surface area contributed by atoms with Crippen LogP contribution in [0.1, 0.15) is 52.9 Å². The normalized spacial score (nSPS) is 41.6. The van der Waals surface area contributed by atoms with Crippen molar-refractivity contribution in [2.45, 2.75) is 70.5 Å². The number of unbranched alkanes of at least 4 members (excludes halogenated alkanes) is 1. The van der Waals surface area contributed by atoms with Crippen molar-refractivity contribution in [3.8, 4) is 0 Å². The molecule has 0 aromatic rings. The number of hydrogen-bond acceptors (Lipinski definition) is 4. The standard InChI is InChI=1S/C16H31BN2O2/c1-15(2)11-9-12(15)14-16(3,10-11)21-17(20-14)13(19-4)7-5-6-8-18/h11-14,19H,5-10,18H2,1-4H3. The third-order valence-corrected chi connectivity index (χ3v) is 6.50. The van der Waals surface area contributed by atoms with Crippen LogP contribution in [0.15, 0.2) is 0 Å². The molecule has 3 N–H and O–H groups in total. The number of hydrogen-bond donors (Lipinski definition) is 2. The van der Waals surface area contributed by atoms with Crippen LogP contribution >= 0.6 is 0 Å². The van der Waals surface area contributed by atoms with E-state index >= 15 is 0 Å². The van der Waals surface area contributed by atoms with Gasteiger partial charge in [-0.2, -0.15) is 0 Å². The molecule has 3 saturated carbocycles. The van der Waals surface area contributed by atoms with Crippen LogP contribution in [0.5, 0.6) is 0 Å². The summed E-state index contributed by atoms with van der Waals surface area (Å²) in [6, 6.07) is 0. The van der Waals surface area contributed by atoms with E-state index in [9.17, 15) is 0 Å². The van der Waals surface area contributed by atoms with Gasteiger partial charge in [0.15, 0.2) is 0 Å². The van der Waals surface area contributed by atoms with Gasteiger partial charge in [0.05, 0.1) is 11.7 Å². The predicted molar refractivity (Wildman–Crippen MR) is 85.9 cm³/mol. The lowest BCUT2D eigenvalue weighted by Crippen LogP contribution is -2.63. The van der Waals surface area contributed by atoms with Crippen LogP contribution in [0.3, 0.4) is 0 Å². The van der Waals surface area contributed by atoms with Gasteiger partial charge in [-0.1, -0.05) is 20.3 Å². The van der Waals surface area contributed by atoms with Gasteiger partial charge in [-0.3, -0.25) is 0 Å². The Balaban J connectivity index is 1.66. The zero-order valence-electron chi connectivity index (χ0n) is 14.0. The van der Waals surface area contributed by atoms with Crippen LogP contribution in [0.4, 0.5) is 0 Å². The fourth-order valence-corrected chi connectivity index (χ4v) is 4.84. The Morgan fingerprint density at radius 3 is 2.71 bits per heavy atom. The first kappa shape index (κ1) is 15.8. The second-order valence-corrected chi connectivity index (χ2v) is 8.10. The molecule has 21 heavy (non-hydrogen) atoms. The molecule has 0 spiro atoms. The van der Waals surface area contributed by atoms with Crippen molar-refractivity contribution in [1.82, 2.24) is 5.32 Å². The van der Waals surface area contributed by atoms with Crippen LogP contribution in [-0.4, -0.2) is 38.4 Å². The summed E-state index contributed by atoms with van der Waals surface area (Å²) in [4.78, 5) is 0. The second-order valence-electron chi connectivity index (χ2n) is 8.10. The zero-order valence-corrected chi connectivity index (χ0v) is 14.0. The number of nitrogens with one attached hydrogen (secondary N) is 1. The van der Waals surface area contributed by atoms with Gasteiger partial charge in [-0.15, -0.1) is 0 Å². The fraction of sp³-hybridized carbons (Fsp3) is 1.00. The number of rotatable bonds is 6. The van der Waals surface area contributed by atoms with Gasteiger partial charge in [0, 0.05) is 5.94 Å². The summed E-state index contributed by atoms with van der Waals surface area (Å²) in [5, 5.41) is 3.39. The molecule has 4 rings (SSSR count). The van der Waals surface area contributed by atoms with Gasteiger partial charge in [0.2, 0.25) is 0 Å². The summed E-state index contributed by atoms with van der Waals surface area (Å²) in [7, 11) is 1.91. The van der Waals surface area contributed by atoms with Crippen molar-refractivity contribution < 1.29 is 9.31 Å². The topological polar surface area (TPSA) is 56.5 Å². The molecule has 4 nitrogen and oxygen atoms in total. The molecule has 1 heterocycles. The first-order valence-electron chi connectivity index (χ1n) is 8.63. The average Bonchev–Trinajstić information content (AvgIpc) is 2.80. The van der Waals surface area contributed by atoms with Crippen LogP contribution in [0, 0.1) is 17.3 Å². The molecule has 3 aliphatic carbocycles. The van der Waals surface area contributed by atoms with E-state index in [4.69, 9.17) is 15.0 Å². The molecule has 2 bridgehead atoms. The lowest BCUT2D eigenvalue weighted by molar-refractivity contribution is -0.185. The zero-order chi connectivity index (χ0) is 15.3. The van der Waals surface area contributed by atoms with E-state index in [1.165, 1.54) is 6.42 Å². The van der Waals surface area contributed by atoms with Crippen LogP contribution in [0.2, 0.25) is 0 Å². The van der Waals surface area contributed by atoms with Crippen molar-refractivity contribution in [2.24, 2.45) is 23.0 Å². The Kier molecular flexibility index (Phi) is 4.15. The smallest absolute Gasteiger partial charge is 0.404 e. The summed E-state index contributed by atoms with van der Waals surface area (Å²) in [6.45, 7) is 7.83. The van der Waals surface area contributed by atoms with Crippen LogP contribution < -0.4 is 11.1 Å². The van der Waals surface area contributed by atoms with E-state index < -0.39 is 0 Å². The Morgan fingerprint density at radius 1 is 1.33 bits per heavy atom. The Bertz CT molecular complexity index is 392. The van der Waals surface area contributed by atoms with Crippen molar-refractivity contribution in [1.29, 1.82) is 0 Å². The number of nitrogens with two attached hydrogens (primary N) is 1. The van der Waals surface area contributed by atoms with Crippen LogP contribution in [-0.2, 0) is 9.31 Å². The van der Waals surface area contributed by atoms with E-state index in [-0.39, 0.29) is 24.8 Å². The lowest BCUT2D eigenvalue weighted by Gasteiger charge is -2.63.